The maximum Gasteiger partial charge on any atom is 0.274 e. The summed E-state index contributed by atoms with van der Waals surface area (Å²) in [4.78, 5) is 18.3. The highest BCUT2D eigenvalue weighted by molar-refractivity contribution is 6.33. The zero-order valence-electron chi connectivity index (χ0n) is 10.9. The minimum Gasteiger partial charge on any atom is -0.395 e. The summed E-state index contributed by atoms with van der Waals surface area (Å²) in [6.45, 7) is 2.96. The number of pyridine rings is 1. The SMILES string of the molecule is CCNc1ccc(Cl)c(C(=O)N(CCO)C2CC2)n1. The zero-order chi connectivity index (χ0) is 13.8. The topological polar surface area (TPSA) is 65.5 Å². The molecule has 0 spiro atoms. The number of aliphatic hydroxyl groups excluding tert-OH is 1. The quantitative estimate of drug-likeness (QED) is 0.835. The summed E-state index contributed by atoms with van der Waals surface area (Å²) in [5, 5.41) is 12.5. The van der Waals surface area contributed by atoms with E-state index in [0.29, 0.717) is 17.4 Å². The van der Waals surface area contributed by atoms with Crippen LogP contribution in [0.1, 0.15) is 30.3 Å². The van der Waals surface area contributed by atoms with Crippen molar-refractivity contribution in [2.75, 3.05) is 25.0 Å². The Labute approximate surface area is 117 Å². The molecule has 0 aliphatic heterocycles. The molecule has 1 aromatic rings. The lowest BCUT2D eigenvalue weighted by molar-refractivity contribution is 0.0702. The first-order valence-electron chi connectivity index (χ1n) is 6.49. The van der Waals surface area contributed by atoms with Crippen LogP contribution >= 0.6 is 11.6 Å². The molecule has 1 aliphatic carbocycles. The molecule has 6 heteroatoms. The largest absolute Gasteiger partial charge is 0.395 e. The number of nitrogens with zero attached hydrogens (tertiary/aromatic N) is 2. The Hall–Kier alpha value is -1.33. The number of aliphatic hydroxyl groups is 1. The predicted octanol–water partition coefficient (Wildman–Crippen LogP) is 1.76. The van der Waals surface area contributed by atoms with E-state index in [2.05, 4.69) is 10.3 Å². The molecule has 0 radical (unpaired) electrons. The molecule has 0 saturated heterocycles. The van der Waals surface area contributed by atoms with E-state index in [1.54, 1.807) is 17.0 Å². The molecule has 1 saturated carbocycles. The van der Waals surface area contributed by atoms with Crippen molar-refractivity contribution < 1.29 is 9.90 Å². The van der Waals surface area contributed by atoms with Gasteiger partial charge >= 0.3 is 0 Å². The smallest absolute Gasteiger partial charge is 0.274 e. The summed E-state index contributed by atoms with van der Waals surface area (Å²) in [6.07, 6.45) is 1.96. The average Bonchev–Trinajstić information content (AvgIpc) is 3.22. The number of aromatic nitrogens is 1. The van der Waals surface area contributed by atoms with Crippen LogP contribution in [0.15, 0.2) is 12.1 Å². The molecule has 5 nitrogen and oxygen atoms in total. The van der Waals surface area contributed by atoms with Gasteiger partial charge in [-0.1, -0.05) is 11.6 Å². The van der Waals surface area contributed by atoms with Gasteiger partial charge in [0.1, 0.15) is 11.5 Å². The first-order chi connectivity index (χ1) is 9.17. The van der Waals surface area contributed by atoms with Crippen LogP contribution in [0.2, 0.25) is 5.02 Å². The Bertz CT molecular complexity index is 463. The summed E-state index contributed by atoms with van der Waals surface area (Å²) in [6, 6.07) is 3.64. The third-order valence-corrected chi connectivity index (χ3v) is 3.30. The molecule has 104 valence electrons. The van der Waals surface area contributed by atoms with E-state index >= 15 is 0 Å². The van der Waals surface area contributed by atoms with Crippen LogP contribution < -0.4 is 5.32 Å². The zero-order valence-corrected chi connectivity index (χ0v) is 11.7. The van der Waals surface area contributed by atoms with Crippen LogP contribution in [0, 0.1) is 0 Å². The van der Waals surface area contributed by atoms with Crippen LogP contribution in [0.4, 0.5) is 5.82 Å². The van der Waals surface area contributed by atoms with Gasteiger partial charge in [0.25, 0.3) is 5.91 Å². The van der Waals surface area contributed by atoms with Crippen molar-refractivity contribution in [3.63, 3.8) is 0 Å². The Balaban J connectivity index is 2.22. The number of nitrogens with one attached hydrogen (secondary N) is 1. The van der Waals surface area contributed by atoms with Crippen molar-refractivity contribution in [3.05, 3.63) is 22.8 Å². The van der Waals surface area contributed by atoms with Gasteiger partial charge in [0.15, 0.2) is 0 Å². The minimum atomic E-state index is -0.207. The standard InChI is InChI=1S/C13H18ClN3O2/c1-2-15-11-6-5-10(14)12(16-11)13(19)17(7-8-18)9-3-4-9/h5-6,9,18H,2-4,7-8H2,1H3,(H,15,16). The molecule has 2 N–H and O–H groups in total. The van der Waals surface area contributed by atoms with Crippen molar-refractivity contribution in [2.45, 2.75) is 25.8 Å². The monoisotopic (exact) mass is 283 g/mol. The molecule has 2 rings (SSSR count). The highest BCUT2D eigenvalue weighted by Gasteiger charge is 2.34. The highest BCUT2D eigenvalue weighted by atomic mass is 35.5. The van der Waals surface area contributed by atoms with E-state index in [0.717, 1.165) is 19.4 Å². The summed E-state index contributed by atoms with van der Waals surface area (Å²) < 4.78 is 0. The van der Waals surface area contributed by atoms with Crippen LogP contribution in [0.25, 0.3) is 0 Å². The molecular weight excluding hydrogens is 266 g/mol. The van der Waals surface area contributed by atoms with Gasteiger partial charge in [0.2, 0.25) is 0 Å². The van der Waals surface area contributed by atoms with Crippen molar-refractivity contribution in [1.82, 2.24) is 9.88 Å². The Morgan fingerprint density at radius 1 is 1.58 bits per heavy atom. The second-order valence-electron chi connectivity index (χ2n) is 4.51. The lowest BCUT2D eigenvalue weighted by atomic mass is 10.3. The molecule has 19 heavy (non-hydrogen) atoms. The van der Waals surface area contributed by atoms with Crippen molar-refractivity contribution in [2.24, 2.45) is 0 Å². The number of carbonyl (C=O) groups excluding carboxylic acids is 1. The second-order valence-corrected chi connectivity index (χ2v) is 4.92. The van der Waals surface area contributed by atoms with Crippen LogP contribution in [0.5, 0.6) is 0 Å². The van der Waals surface area contributed by atoms with Crippen molar-refractivity contribution in [1.29, 1.82) is 0 Å². The summed E-state index contributed by atoms with van der Waals surface area (Å²) in [7, 11) is 0. The molecule has 1 aliphatic rings. The third-order valence-electron chi connectivity index (χ3n) is 3.00. The number of halogens is 1. The lowest BCUT2D eigenvalue weighted by Crippen LogP contribution is -2.36. The Kier molecular flexibility index (Phi) is 4.61. The molecule has 1 aromatic heterocycles. The fraction of sp³-hybridized carbons (Fsp3) is 0.538. The van der Waals surface area contributed by atoms with Crippen LogP contribution in [-0.2, 0) is 0 Å². The second kappa shape index (κ2) is 6.21. The number of hydrogen-bond donors (Lipinski definition) is 2. The van der Waals surface area contributed by atoms with Gasteiger partial charge in [-0.3, -0.25) is 4.79 Å². The summed E-state index contributed by atoms with van der Waals surface area (Å²) >= 11 is 6.06. The van der Waals surface area contributed by atoms with Crippen molar-refractivity contribution in [3.8, 4) is 0 Å². The number of amides is 1. The van der Waals surface area contributed by atoms with E-state index < -0.39 is 0 Å². The predicted molar refractivity (Wildman–Crippen MR) is 74.6 cm³/mol. The summed E-state index contributed by atoms with van der Waals surface area (Å²) in [5.41, 5.74) is 0.250. The number of anilines is 1. The van der Waals surface area contributed by atoms with Gasteiger partial charge in [-0.25, -0.2) is 4.98 Å². The van der Waals surface area contributed by atoms with Gasteiger partial charge in [-0.2, -0.15) is 0 Å². The summed E-state index contributed by atoms with van der Waals surface area (Å²) in [5.74, 6) is 0.427. The molecule has 0 bridgehead atoms. The van der Waals surface area contributed by atoms with Crippen molar-refractivity contribution >= 4 is 23.3 Å². The van der Waals surface area contributed by atoms with E-state index in [1.165, 1.54) is 0 Å². The van der Waals surface area contributed by atoms with Gasteiger partial charge in [0.05, 0.1) is 11.6 Å². The fourth-order valence-corrected chi connectivity index (χ4v) is 2.14. The van der Waals surface area contributed by atoms with Gasteiger partial charge in [-0.05, 0) is 31.9 Å². The molecule has 0 atom stereocenters. The van der Waals surface area contributed by atoms with Crippen LogP contribution in [0.3, 0.4) is 0 Å². The molecule has 1 fully saturated rings. The minimum absolute atomic E-state index is 0.0488. The third kappa shape index (κ3) is 3.36. The number of carbonyl (C=O) groups is 1. The van der Waals surface area contributed by atoms with Gasteiger partial charge in [0, 0.05) is 19.1 Å². The molecule has 0 unspecified atom stereocenters. The van der Waals surface area contributed by atoms with Gasteiger partial charge < -0.3 is 15.3 Å². The lowest BCUT2D eigenvalue weighted by Gasteiger charge is -2.21. The average molecular weight is 284 g/mol. The Morgan fingerprint density at radius 3 is 2.89 bits per heavy atom. The fourth-order valence-electron chi connectivity index (χ4n) is 1.95. The van der Waals surface area contributed by atoms with E-state index in [-0.39, 0.29) is 24.2 Å². The normalized spacial score (nSPS) is 14.3. The van der Waals surface area contributed by atoms with E-state index in [4.69, 9.17) is 16.7 Å². The molecule has 1 heterocycles. The first-order valence-corrected chi connectivity index (χ1v) is 6.87. The van der Waals surface area contributed by atoms with Crippen LogP contribution in [-0.4, -0.2) is 46.6 Å². The Morgan fingerprint density at radius 2 is 2.32 bits per heavy atom. The number of rotatable bonds is 6. The molecule has 1 amide bonds. The maximum absolute atomic E-state index is 12.4. The van der Waals surface area contributed by atoms with E-state index in [9.17, 15) is 4.79 Å². The first kappa shape index (κ1) is 14.1. The highest BCUT2D eigenvalue weighted by Crippen LogP contribution is 2.29. The molecule has 0 aromatic carbocycles. The maximum atomic E-state index is 12.4. The van der Waals surface area contributed by atoms with Gasteiger partial charge in [-0.15, -0.1) is 0 Å². The van der Waals surface area contributed by atoms with E-state index in [1.807, 2.05) is 6.92 Å². The number of hydrogen-bond acceptors (Lipinski definition) is 4. The molecular formula is C13H18ClN3O2.